The second-order valence-electron chi connectivity index (χ2n) is 7.54. The lowest BCUT2D eigenvalue weighted by Gasteiger charge is -2.38. The van der Waals surface area contributed by atoms with Gasteiger partial charge >= 0.3 is 6.18 Å². The monoisotopic (exact) mass is 446 g/mol. The Hall–Kier alpha value is -3.75. The Balaban J connectivity index is 1.79. The van der Waals surface area contributed by atoms with E-state index in [1.165, 1.54) is 23.2 Å². The van der Waals surface area contributed by atoms with Crippen LogP contribution in [0.3, 0.4) is 0 Å². The van der Waals surface area contributed by atoms with Crippen LogP contribution in [0.4, 0.5) is 29.1 Å². The van der Waals surface area contributed by atoms with Gasteiger partial charge in [0.1, 0.15) is 18.2 Å². The molecule has 1 aliphatic rings. The largest absolute Gasteiger partial charge is 0.419 e. The first-order valence-electron chi connectivity index (χ1n) is 9.64. The Kier molecular flexibility index (Phi) is 5.20. The Bertz CT molecular complexity index is 1170. The molecule has 2 N–H and O–H groups in total. The number of aryl methyl sites for hydroxylation is 1. The summed E-state index contributed by atoms with van der Waals surface area (Å²) in [7, 11) is 1.62. The number of hydrogen-bond acceptors (Lipinski definition) is 7. The zero-order valence-electron chi connectivity index (χ0n) is 16.9. The zero-order chi connectivity index (χ0) is 23.1. The van der Waals surface area contributed by atoms with E-state index >= 15 is 4.39 Å². The number of nitriles is 1. The van der Waals surface area contributed by atoms with Crippen molar-refractivity contribution in [1.29, 1.82) is 5.26 Å². The Labute approximate surface area is 180 Å². The van der Waals surface area contributed by atoms with Crippen molar-refractivity contribution in [3.63, 3.8) is 0 Å². The maximum Gasteiger partial charge on any atom is 0.419 e. The Morgan fingerprint density at radius 1 is 1.16 bits per heavy atom. The van der Waals surface area contributed by atoms with Crippen molar-refractivity contribution in [3.05, 3.63) is 47.8 Å². The highest BCUT2D eigenvalue weighted by atomic mass is 19.4. The van der Waals surface area contributed by atoms with Gasteiger partial charge in [-0.3, -0.25) is 4.98 Å². The van der Waals surface area contributed by atoms with Gasteiger partial charge in [0.25, 0.3) is 0 Å². The average molecular weight is 446 g/mol. The molecule has 0 aromatic carbocycles. The van der Waals surface area contributed by atoms with E-state index in [0.29, 0.717) is 11.8 Å². The van der Waals surface area contributed by atoms with E-state index < -0.39 is 23.0 Å². The number of pyridine rings is 2. The first-order valence-corrected chi connectivity index (χ1v) is 9.64. The summed E-state index contributed by atoms with van der Waals surface area (Å²) in [5.41, 5.74) is 2.65. The highest BCUT2D eigenvalue weighted by Gasteiger charge is 2.42. The normalized spacial score (nSPS) is 16.1. The topological polar surface area (TPSA) is 110 Å². The number of nitrogens with two attached hydrogens (primary N) is 1. The van der Waals surface area contributed by atoms with E-state index in [2.05, 4.69) is 20.2 Å². The van der Waals surface area contributed by atoms with Crippen molar-refractivity contribution >= 4 is 11.5 Å². The third kappa shape index (κ3) is 3.70. The van der Waals surface area contributed by atoms with Gasteiger partial charge in [-0.15, -0.1) is 10.2 Å². The molecule has 4 rings (SSSR count). The highest BCUT2D eigenvalue weighted by molar-refractivity contribution is 5.81. The Morgan fingerprint density at radius 3 is 2.41 bits per heavy atom. The summed E-state index contributed by atoms with van der Waals surface area (Å²) in [6, 6.07) is 4.73. The smallest absolute Gasteiger partial charge is 0.384 e. The Morgan fingerprint density at radius 2 is 1.88 bits per heavy atom. The molecule has 1 aliphatic heterocycles. The molecule has 0 saturated carbocycles. The molecule has 166 valence electrons. The molecule has 8 nitrogen and oxygen atoms in total. The number of anilines is 2. The quantitative estimate of drug-likeness (QED) is 0.615. The number of alkyl halides is 4. The number of aromatic nitrogens is 5. The minimum atomic E-state index is -4.77. The molecule has 3 aromatic rings. The summed E-state index contributed by atoms with van der Waals surface area (Å²) in [6.07, 6.45) is -1.46. The number of hydrogen-bond donors (Lipinski definition) is 1. The van der Waals surface area contributed by atoms with E-state index in [9.17, 15) is 18.4 Å². The van der Waals surface area contributed by atoms with Gasteiger partial charge in [-0.2, -0.15) is 18.4 Å². The van der Waals surface area contributed by atoms with Crippen molar-refractivity contribution in [2.24, 2.45) is 7.05 Å². The van der Waals surface area contributed by atoms with Crippen molar-refractivity contribution in [1.82, 2.24) is 24.7 Å². The maximum absolute atomic E-state index is 15.6. The molecule has 4 heterocycles. The summed E-state index contributed by atoms with van der Waals surface area (Å²) in [5, 5.41) is 17.2. The van der Waals surface area contributed by atoms with Crippen LogP contribution in [0, 0.1) is 11.3 Å². The van der Waals surface area contributed by atoms with Crippen LogP contribution in [-0.2, 0) is 18.9 Å². The summed E-state index contributed by atoms with van der Waals surface area (Å²) in [6.45, 7) is 0.104. The van der Waals surface area contributed by atoms with Crippen LogP contribution < -0.4 is 10.6 Å². The molecule has 0 radical (unpaired) electrons. The predicted molar refractivity (Wildman–Crippen MR) is 107 cm³/mol. The van der Waals surface area contributed by atoms with E-state index in [0.717, 1.165) is 0 Å². The SMILES string of the molecule is Cn1cnnc1C1(F)CCN(c2c(-c3ccc(N)nc3)ncc(C(F)(F)F)c2C#N)CC1. The van der Waals surface area contributed by atoms with E-state index in [4.69, 9.17) is 5.73 Å². The standard InChI is InChI=1S/C20H18F4N8/c1-31-11-29-30-18(31)19(21)4-6-32(7-5-19)17-13(8-25)14(20(22,23)24)10-28-16(17)12-2-3-15(26)27-9-12/h2-3,9-11H,4-7H2,1H3,(H2,26,27). The fraction of sp³-hybridized carbons (Fsp3) is 0.350. The van der Waals surface area contributed by atoms with Gasteiger partial charge in [0.15, 0.2) is 11.5 Å². The van der Waals surface area contributed by atoms with Crippen LogP contribution in [0.1, 0.15) is 29.8 Å². The molecule has 0 bridgehead atoms. The van der Waals surface area contributed by atoms with Crippen LogP contribution in [0.5, 0.6) is 0 Å². The van der Waals surface area contributed by atoms with Gasteiger partial charge in [0.05, 0.1) is 22.5 Å². The molecular weight excluding hydrogens is 428 g/mol. The number of piperidine rings is 1. The molecule has 1 fully saturated rings. The average Bonchev–Trinajstić information content (AvgIpc) is 3.20. The van der Waals surface area contributed by atoms with E-state index in [-0.39, 0.29) is 49.0 Å². The van der Waals surface area contributed by atoms with E-state index in [1.807, 2.05) is 0 Å². The lowest BCUT2D eigenvalue weighted by Crippen LogP contribution is -2.42. The van der Waals surface area contributed by atoms with E-state index in [1.54, 1.807) is 24.1 Å². The molecule has 1 saturated heterocycles. The van der Waals surface area contributed by atoms with Gasteiger partial charge in [0, 0.05) is 50.9 Å². The zero-order valence-corrected chi connectivity index (χ0v) is 16.9. The third-order valence-corrected chi connectivity index (χ3v) is 5.51. The number of rotatable bonds is 3. The molecule has 0 amide bonds. The van der Waals surface area contributed by atoms with Crippen LogP contribution in [0.25, 0.3) is 11.3 Å². The second kappa shape index (κ2) is 7.74. The molecule has 0 unspecified atom stereocenters. The van der Waals surface area contributed by atoms with Crippen molar-refractivity contribution in [3.8, 4) is 17.3 Å². The fourth-order valence-corrected chi connectivity index (χ4v) is 3.89. The van der Waals surface area contributed by atoms with Crippen LogP contribution in [0.15, 0.2) is 30.9 Å². The lowest BCUT2D eigenvalue weighted by molar-refractivity contribution is -0.138. The van der Waals surface area contributed by atoms with Crippen LogP contribution >= 0.6 is 0 Å². The fourth-order valence-electron chi connectivity index (χ4n) is 3.89. The van der Waals surface area contributed by atoms with Crippen molar-refractivity contribution < 1.29 is 17.6 Å². The molecule has 0 spiro atoms. The third-order valence-electron chi connectivity index (χ3n) is 5.51. The van der Waals surface area contributed by atoms with Crippen LogP contribution in [0.2, 0.25) is 0 Å². The molecule has 12 heteroatoms. The van der Waals surface area contributed by atoms with Gasteiger partial charge < -0.3 is 15.2 Å². The predicted octanol–water partition coefficient (Wildman–Crippen LogP) is 3.21. The second-order valence-corrected chi connectivity index (χ2v) is 7.54. The number of halogens is 4. The summed E-state index contributed by atoms with van der Waals surface area (Å²) < 4.78 is 57.9. The molecule has 3 aromatic heterocycles. The van der Waals surface area contributed by atoms with Gasteiger partial charge in [0.2, 0.25) is 0 Å². The minimum absolute atomic E-state index is 0.00564. The number of nitrogen functional groups attached to an aromatic ring is 1. The molecule has 32 heavy (non-hydrogen) atoms. The molecule has 0 atom stereocenters. The maximum atomic E-state index is 15.6. The van der Waals surface area contributed by atoms with Crippen molar-refractivity contribution in [2.45, 2.75) is 24.7 Å². The minimum Gasteiger partial charge on any atom is -0.384 e. The summed E-state index contributed by atoms with van der Waals surface area (Å²) in [5.74, 6) is 0.384. The van der Waals surface area contributed by atoms with Gasteiger partial charge in [-0.05, 0) is 12.1 Å². The van der Waals surface area contributed by atoms with Gasteiger partial charge in [-0.25, -0.2) is 9.37 Å². The van der Waals surface area contributed by atoms with Crippen molar-refractivity contribution in [2.75, 3.05) is 23.7 Å². The first kappa shape index (κ1) is 21.5. The number of nitrogens with zero attached hydrogens (tertiary/aromatic N) is 7. The highest BCUT2D eigenvalue weighted by Crippen LogP contribution is 2.43. The van der Waals surface area contributed by atoms with Gasteiger partial charge in [-0.1, -0.05) is 0 Å². The summed E-state index contributed by atoms with van der Waals surface area (Å²) >= 11 is 0. The lowest BCUT2D eigenvalue weighted by atomic mass is 9.91. The van der Waals surface area contributed by atoms with Crippen LogP contribution in [-0.4, -0.2) is 37.8 Å². The first-order chi connectivity index (χ1) is 15.1. The molecular formula is C20H18F4N8. The molecule has 0 aliphatic carbocycles. The summed E-state index contributed by atoms with van der Waals surface area (Å²) in [4.78, 5) is 9.54.